The predicted molar refractivity (Wildman–Crippen MR) is 92.5 cm³/mol. The third kappa shape index (κ3) is 7.13. The normalized spacial score (nSPS) is 14.9. The minimum Gasteiger partial charge on any atom is -0.377 e. The fraction of sp³-hybridized carbons (Fsp3) is 0.700. The van der Waals surface area contributed by atoms with Crippen LogP contribution in [0.15, 0.2) is 30.3 Å². The molecule has 120 valence electrons. The third-order valence-electron chi connectivity index (χ3n) is 4.26. The molecule has 21 heavy (non-hydrogen) atoms. The Balaban J connectivity index is 2.57. The van der Waals surface area contributed by atoms with Crippen molar-refractivity contribution in [3.8, 4) is 0 Å². The van der Waals surface area contributed by atoms with Crippen molar-refractivity contribution >= 4 is 0 Å². The SMILES string of the molecule is CC(C)CC(COC(Cc1ccccc1)C(C)C)C(C)C. The highest BCUT2D eigenvalue weighted by molar-refractivity contribution is 5.15. The molecule has 2 atom stereocenters. The van der Waals surface area contributed by atoms with Crippen LogP contribution < -0.4 is 0 Å². The summed E-state index contributed by atoms with van der Waals surface area (Å²) in [6, 6.07) is 10.7. The molecule has 0 aliphatic carbocycles. The molecule has 1 nitrogen and oxygen atoms in total. The van der Waals surface area contributed by atoms with Gasteiger partial charge in [-0.15, -0.1) is 0 Å². The zero-order valence-corrected chi connectivity index (χ0v) is 14.8. The van der Waals surface area contributed by atoms with Gasteiger partial charge >= 0.3 is 0 Å². The number of hydrogen-bond donors (Lipinski definition) is 0. The molecule has 0 heterocycles. The van der Waals surface area contributed by atoms with Gasteiger partial charge in [-0.05, 0) is 42.1 Å². The molecule has 0 saturated heterocycles. The third-order valence-corrected chi connectivity index (χ3v) is 4.26. The molecule has 2 unspecified atom stereocenters. The van der Waals surface area contributed by atoms with E-state index in [-0.39, 0.29) is 0 Å². The first kappa shape index (κ1) is 18.2. The van der Waals surface area contributed by atoms with Crippen molar-refractivity contribution in [1.82, 2.24) is 0 Å². The lowest BCUT2D eigenvalue weighted by molar-refractivity contribution is -0.0101. The molecule has 0 aliphatic rings. The first-order valence-corrected chi connectivity index (χ1v) is 8.55. The van der Waals surface area contributed by atoms with E-state index in [4.69, 9.17) is 4.74 Å². The Kier molecular flexibility index (Phi) is 8.03. The van der Waals surface area contributed by atoms with Gasteiger partial charge in [0, 0.05) is 0 Å². The van der Waals surface area contributed by atoms with Crippen molar-refractivity contribution < 1.29 is 4.74 Å². The summed E-state index contributed by atoms with van der Waals surface area (Å²) < 4.78 is 6.33. The lowest BCUT2D eigenvalue weighted by Gasteiger charge is -2.28. The first-order chi connectivity index (χ1) is 9.90. The highest BCUT2D eigenvalue weighted by Crippen LogP contribution is 2.23. The van der Waals surface area contributed by atoms with Gasteiger partial charge in [-0.25, -0.2) is 0 Å². The van der Waals surface area contributed by atoms with Gasteiger partial charge in [0.05, 0.1) is 12.7 Å². The van der Waals surface area contributed by atoms with Crippen LogP contribution in [0, 0.1) is 23.7 Å². The quantitative estimate of drug-likeness (QED) is 0.576. The molecule has 0 aromatic heterocycles. The molecular weight excluding hydrogens is 256 g/mol. The molecule has 1 heteroatoms. The molecule has 0 radical (unpaired) electrons. The summed E-state index contributed by atoms with van der Waals surface area (Å²) >= 11 is 0. The molecule has 0 spiro atoms. The maximum atomic E-state index is 6.33. The van der Waals surface area contributed by atoms with Gasteiger partial charge in [-0.3, -0.25) is 0 Å². The van der Waals surface area contributed by atoms with E-state index in [9.17, 15) is 0 Å². The van der Waals surface area contributed by atoms with Crippen LogP contribution in [0.1, 0.15) is 53.5 Å². The summed E-state index contributed by atoms with van der Waals surface area (Å²) in [5.41, 5.74) is 1.38. The van der Waals surface area contributed by atoms with Crippen LogP contribution >= 0.6 is 0 Å². The molecule has 1 aromatic carbocycles. The maximum Gasteiger partial charge on any atom is 0.0638 e. The van der Waals surface area contributed by atoms with E-state index in [1.807, 2.05) is 0 Å². The number of rotatable bonds is 9. The summed E-state index contributed by atoms with van der Waals surface area (Å²) in [6.07, 6.45) is 2.60. The average molecular weight is 290 g/mol. The van der Waals surface area contributed by atoms with Crippen LogP contribution in [0.4, 0.5) is 0 Å². The predicted octanol–water partition coefficient (Wildman–Crippen LogP) is 5.59. The minimum absolute atomic E-state index is 0.320. The Labute approximate surface area is 132 Å². The maximum absolute atomic E-state index is 6.33. The second-order valence-corrected chi connectivity index (χ2v) is 7.44. The Bertz CT molecular complexity index is 367. The van der Waals surface area contributed by atoms with Crippen LogP contribution in [0.2, 0.25) is 0 Å². The Morgan fingerprint density at radius 2 is 1.48 bits per heavy atom. The summed E-state index contributed by atoms with van der Waals surface area (Å²) in [7, 11) is 0. The standard InChI is InChI=1S/C20H34O/c1-15(2)12-19(16(3)4)14-21-20(17(5)6)13-18-10-8-7-9-11-18/h7-11,15-17,19-20H,12-14H2,1-6H3. The van der Waals surface area contributed by atoms with Crippen molar-refractivity contribution in [2.24, 2.45) is 23.7 Å². The van der Waals surface area contributed by atoms with Crippen LogP contribution in [0.25, 0.3) is 0 Å². The smallest absolute Gasteiger partial charge is 0.0638 e. The molecule has 0 saturated carbocycles. The van der Waals surface area contributed by atoms with Gasteiger partial charge in [0.25, 0.3) is 0 Å². The second-order valence-electron chi connectivity index (χ2n) is 7.44. The topological polar surface area (TPSA) is 9.23 Å². The average Bonchev–Trinajstić information content (AvgIpc) is 2.42. The molecule has 0 fully saturated rings. The fourth-order valence-electron chi connectivity index (χ4n) is 2.72. The first-order valence-electron chi connectivity index (χ1n) is 8.55. The largest absolute Gasteiger partial charge is 0.377 e. The summed E-state index contributed by atoms with van der Waals surface area (Å²) in [6.45, 7) is 14.7. The Hall–Kier alpha value is -0.820. The van der Waals surface area contributed by atoms with Gasteiger partial charge in [0.2, 0.25) is 0 Å². The van der Waals surface area contributed by atoms with Crippen LogP contribution in [-0.4, -0.2) is 12.7 Å². The molecule has 0 aliphatic heterocycles. The molecule has 0 N–H and O–H groups in total. The molecule has 1 aromatic rings. The van der Waals surface area contributed by atoms with E-state index in [1.165, 1.54) is 12.0 Å². The van der Waals surface area contributed by atoms with E-state index in [1.54, 1.807) is 0 Å². The molecular formula is C20H34O. The lowest BCUT2D eigenvalue weighted by Crippen LogP contribution is -2.28. The van der Waals surface area contributed by atoms with Crippen molar-refractivity contribution in [3.05, 3.63) is 35.9 Å². The lowest BCUT2D eigenvalue weighted by atomic mass is 9.88. The van der Waals surface area contributed by atoms with E-state index >= 15 is 0 Å². The van der Waals surface area contributed by atoms with Crippen molar-refractivity contribution in [1.29, 1.82) is 0 Å². The van der Waals surface area contributed by atoms with Crippen LogP contribution in [0.3, 0.4) is 0 Å². The fourth-order valence-corrected chi connectivity index (χ4v) is 2.72. The van der Waals surface area contributed by atoms with Crippen molar-refractivity contribution in [2.45, 2.75) is 60.5 Å². The molecule has 0 bridgehead atoms. The monoisotopic (exact) mass is 290 g/mol. The van der Waals surface area contributed by atoms with E-state index in [0.717, 1.165) is 18.9 Å². The van der Waals surface area contributed by atoms with Crippen molar-refractivity contribution in [3.63, 3.8) is 0 Å². The zero-order valence-electron chi connectivity index (χ0n) is 14.8. The van der Waals surface area contributed by atoms with E-state index in [0.29, 0.717) is 23.9 Å². The second kappa shape index (κ2) is 9.25. The van der Waals surface area contributed by atoms with E-state index < -0.39 is 0 Å². The molecule has 0 amide bonds. The Morgan fingerprint density at radius 1 is 0.857 bits per heavy atom. The van der Waals surface area contributed by atoms with Gasteiger partial charge < -0.3 is 4.74 Å². The summed E-state index contributed by atoms with van der Waals surface area (Å²) in [5, 5.41) is 0. The minimum atomic E-state index is 0.320. The number of hydrogen-bond acceptors (Lipinski definition) is 1. The highest BCUT2D eigenvalue weighted by atomic mass is 16.5. The summed E-state index contributed by atoms with van der Waals surface area (Å²) in [4.78, 5) is 0. The zero-order chi connectivity index (χ0) is 15.8. The van der Waals surface area contributed by atoms with Gasteiger partial charge in [-0.2, -0.15) is 0 Å². The van der Waals surface area contributed by atoms with Gasteiger partial charge in [0.1, 0.15) is 0 Å². The van der Waals surface area contributed by atoms with Crippen LogP contribution in [0.5, 0.6) is 0 Å². The van der Waals surface area contributed by atoms with Gasteiger partial charge in [-0.1, -0.05) is 71.9 Å². The van der Waals surface area contributed by atoms with E-state index in [2.05, 4.69) is 71.9 Å². The summed E-state index contributed by atoms with van der Waals surface area (Å²) in [5.74, 6) is 2.66. The van der Waals surface area contributed by atoms with Crippen LogP contribution in [-0.2, 0) is 11.2 Å². The molecule has 1 rings (SSSR count). The van der Waals surface area contributed by atoms with Crippen molar-refractivity contribution in [2.75, 3.05) is 6.61 Å². The van der Waals surface area contributed by atoms with Gasteiger partial charge in [0.15, 0.2) is 0 Å². The number of ether oxygens (including phenoxy) is 1. The Morgan fingerprint density at radius 3 is 1.95 bits per heavy atom. The number of benzene rings is 1. The highest BCUT2D eigenvalue weighted by Gasteiger charge is 2.20.